The molecule has 1 heterocycles. The molecule has 2 N–H and O–H groups in total. The van der Waals surface area contributed by atoms with Gasteiger partial charge in [0.15, 0.2) is 23.9 Å². The highest BCUT2D eigenvalue weighted by Gasteiger charge is 2.72. The van der Waals surface area contributed by atoms with E-state index in [-0.39, 0.29) is 40.7 Å². The van der Waals surface area contributed by atoms with Crippen LogP contribution in [0.2, 0.25) is 0 Å². The molecule has 280 valence electrons. The Kier molecular flexibility index (Phi) is 8.86. The molecule has 4 fully saturated rings. The zero-order valence-corrected chi connectivity index (χ0v) is 31.2. The van der Waals surface area contributed by atoms with Crippen LogP contribution in [0.25, 0.3) is 0 Å². The zero-order valence-electron chi connectivity index (χ0n) is 31.2. The number of hydrogen-bond donors (Lipinski definition) is 2. The maximum atomic E-state index is 14.8. The predicted molar refractivity (Wildman–Crippen MR) is 182 cm³/mol. The number of carbonyl (C=O) groups is 5. The van der Waals surface area contributed by atoms with Gasteiger partial charge < -0.3 is 28.7 Å². The number of carbonyl (C=O) groups excluding carboxylic acids is 4. The Morgan fingerprint density at radius 3 is 2.25 bits per heavy atom. The second-order valence-corrected chi connectivity index (χ2v) is 17.8. The van der Waals surface area contributed by atoms with Gasteiger partial charge in [-0.15, -0.1) is 0 Å². The van der Waals surface area contributed by atoms with Gasteiger partial charge in [-0.05, 0) is 118 Å². The summed E-state index contributed by atoms with van der Waals surface area (Å²) in [6, 6.07) is -0.714. The SMILES string of the molecule is COC(=O)CC(=O)N[C@H]1CC[C@@]2(C)[C@@H](CC[C@]3(C)[C@@H]2C(=O)C=C2[C@@H]4C[C@@](C)(C(=O)O)CC[C@]4(C)CC[C@]23C)[C@]1(C)C(=O)OCc1oc(=O)oc1C. The van der Waals surface area contributed by atoms with Crippen LogP contribution < -0.4 is 11.1 Å². The zero-order chi connectivity index (χ0) is 37.5. The Labute approximate surface area is 298 Å². The topological polar surface area (TPSA) is 179 Å². The molecule has 1 aromatic heterocycles. The van der Waals surface area contributed by atoms with Crippen LogP contribution in [0.1, 0.15) is 117 Å². The molecule has 0 saturated heterocycles. The lowest BCUT2D eigenvalue weighted by atomic mass is 9.33. The Balaban J connectivity index is 1.39. The molecule has 0 radical (unpaired) electrons. The van der Waals surface area contributed by atoms with Crippen LogP contribution in [0.4, 0.5) is 0 Å². The number of ketones is 1. The molecule has 1 amide bonds. The number of hydrogen-bond acceptors (Lipinski definition) is 10. The first-order valence-electron chi connectivity index (χ1n) is 18.3. The van der Waals surface area contributed by atoms with E-state index in [0.29, 0.717) is 38.5 Å². The van der Waals surface area contributed by atoms with Gasteiger partial charge in [-0.1, -0.05) is 33.3 Å². The third-order valence-corrected chi connectivity index (χ3v) is 15.3. The average Bonchev–Trinajstić information content (AvgIpc) is 3.38. The van der Waals surface area contributed by atoms with Crippen molar-refractivity contribution >= 4 is 29.6 Å². The number of rotatable bonds is 7. The smallest absolute Gasteiger partial charge is 0.481 e. The summed E-state index contributed by atoms with van der Waals surface area (Å²) < 4.78 is 20.6. The number of allylic oxidation sites excluding steroid dienone is 2. The maximum Gasteiger partial charge on any atom is 0.519 e. The molecule has 0 bridgehead atoms. The molecule has 0 unspecified atom stereocenters. The van der Waals surface area contributed by atoms with Gasteiger partial charge in [-0.3, -0.25) is 24.0 Å². The second-order valence-electron chi connectivity index (χ2n) is 17.8. The fraction of sp³-hybridized carbons (Fsp3) is 0.744. The summed E-state index contributed by atoms with van der Waals surface area (Å²) in [4.78, 5) is 78.5. The van der Waals surface area contributed by atoms with Crippen molar-refractivity contribution in [3.63, 3.8) is 0 Å². The van der Waals surface area contributed by atoms with Gasteiger partial charge in [0.1, 0.15) is 6.42 Å². The van der Waals surface area contributed by atoms with Crippen molar-refractivity contribution in [2.75, 3.05) is 7.11 Å². The van der Waals surface area contributed by atoms with Crippen LogP contribution in [0.15, 0.2) is 25.3 Å². The molecule has 0 aliphatic heterocycles. The van der Waals surface area contributed by atoms with E-state index in [1.165, 1.54) is 14.0 Å². The summed E-state index contributed by atoms with van der Waals surface area (Å²) in [5.41, 5.74) is -2.67. The summed E-state index contributed by atoms with van der Waals surface area (Å²) in [5, 5.41) is 13.2. The molecule has 4 saturated carbocycles. The van der Waals surface area contributed by atoms with Crippen LogP contribution in [0, 0.1) is 57.2 Å². The fourth-order valence-corrected chi connectivity index (χ4v) is 11.8. The first-order chi connectivity index (χ1) is 23.7. The lowest BCUT2D eigenvalue weighted by molar-refractivity contribution is -0.205. The molecule has 12 heteroatoms. The molecule has 1 aromatic rings. The van der Waals surface area contributed by atoms with E-state index in [0.717, 1.165) is 24.8 Å². The highest BCUT2D eigenvalue weighted by Crippen LogP contribution is 2.75. The summed E-state index contributed by atoms with van der Waals surface area (Å²) >= 11 is 0. The Morgan fingerprint density at radius 2 is 1.63 bits per heavy atom. The monoisotopic (exact) mass is 711 g/mol. The van der Waals surface area contributed by atoms with Crippen molar-refractivity contribution in [1.29, 1.82) is 0 Å². The second kappa shape index (κ2) is 12.2. The molecular formula is C39H53NO11. The number of esters is 2. The number of carboxylic acid groups (broad SMARTS) is 1. The molecule has 10 atom stereocenters. The van der Waals surface area contributed by atoms with E-state index in [1.807, 2.05) is 13.0 Å². The molecule has 0 aromatic carbocycles. The number of amides is 1. The minimum atomic E-state index is -1.32. The first kappa shape index (κ1) is 37.1. The Bertz CT molecular complexity index is 1760. The van der Waals surface area contributed by atoms with Gasteiger partial charge in [-0.25, -0.2) is 4.79 Å². The molecule has 5 aliphatic rings. The number of fused-ring (bicyclic) bond motifs is 7. The van der Waals surface area contributed by atoms with Crippen LogP contribution in [0.3, 0.4) is 0 Å². The first-order valence-corrected chi connectivity index (χ1v) is 18.3. The lowest BCUT2D eigenvalue weighted by Crippen LogP contribution is -2.69. The van der Waals surface area contributed by atoms with E-state index in [9.17, 15) is 33.9 Å². The van der Waals surface area contributed by atoms with Crippen molar-refractivity contribution in [1.82, 2.24) is 5.32 Å². The predicted octanol–water partition coefficient (Wildman–Crippen LogP) is 5.68. The summed E-state index contributed by atoms with van der Waals surface area (Å²) in [6.07, 6.45) is 7.21. The summed E-state index contributed by atoms with van der Waals surface area (Å²) in [7, 11) is 1.20. The standard InChI is InChI=1S/C39H53NO11/c1-21-25(51-33(47)50-21)20-49-32(46)39(7)26-9-12-38(6)30(36(26,4)11-10-27(39)40-28(42)18-29(43)48-8)24(41)17-22-23-19-35(3,31(44)45)14-13-34(23,2)15-16-37(22,38)5/h17,23,26-27,30H,9-16,18-20H2,1-8H3,(H,40,42)(H,44,45)/t23-,26+,27-,30+,34+,35-,36-,37+,38+,39-/m0/s1. The van der Waals surface area contributed by atoms with E-state index in [2.05, 4.69) is 33.0 Å². The highest BCUT2D eigenvalue weighted by molar-refractivity contribution is 5.96. The van der Waals surface area contributed by atoms with Crippen molar-refractivity contribution in [2.45, 2.75) is 125 Å². The fourth-order valence-electron chi connectivity index (χ4n) is 11.8. The Hall–Kier alpha value is -3.70. The van der Waals surface area contributed by atoms with Crippen LogP contribution in [-0.2, 0) is 40.1 Å². The quantitative estimate of drug-likeness (QED) is 0.263. The van der Waals surface area contributed by atoms with Gasteiger partial charge in [0.05, 0.1) is 17.9 Å². The average molecular weight is 712 g/mol. The normalized spacial score (nSPS) is 41.5. The highest BCUT2D eigenvalue weighted by atomic mass is 16.6. The van der Waals surface area contributed by atoms with Crippen LogP contribution >= 0.6 is 0 Å². The van der Waals surface area contributed by atoms with Gasteiger partial charge >= 0.3 is 23.7 Å². The van der Waals surface area contributed by atoms with Gasteiger partial charge in [0, 0.05) is 12.0 Å². The van der Waals surface area contributed by atoms with Crippen molar-refractivity contribution in [3.05, 3.63) is 33.8 Å². The molecule has 12 nitrogen and oxygen atoms in total. The molecule has 51 heavy (non-hydrogen) atoms. The van der Waals surface area contributed by atoms with Gasteiger partial charge in [0.2, 0.25) is 5.91 Å². The van der Waals surface area contributed by atoms with Crippen molar-refractivity contribution in [3.8, 4) is 0 Å². The summed E-state index contributed by atoms with van der Waals surface area (Å²) in [5.74, 6) is -4.16. The molecule has 6 rings (SSSR count). The number of nitrogens with one attached hydrogen (secondary N) is 1. The van der Waals surface area contributed by atoms with E-state index in [4.69, 9.17) is 18.3 Å². The number of aliphatic carboxylic acids is 1. The molecule has 5 aliphatic carbocycles. The van der Waals surface area contributed by atoms with E-state index in [1.54, 1.807) is 6.92 Å². The molecular weight excluding hydrogens is 658 g/mol. The number of methoxy groups -OCH3 is 1. The lowest BCUT2D eigenvalue weighted by Gasteiger charge is -2.70. The minimum absolute atomic E-state index is 0.0173. The maximum absolute atomic E-state index is 14.8. The number of ether oxygens (including phenoxy) is 2. The number of carboxylic acids is 1. The van der Waals surface area contributed by atoms with Gasteiger partial charge in [0.25, 0.3) is 0 Å². The van der Waals surface area contributed by atoms with Gasteiger partial charge in [-0.2, -0.15) is 0 Å². The number of aryl methyl sites for hydroxylation is 1. The van der Waals surface area contributed by atoms with Crippen LogP contribution in [0.5, 0.6) is 0 Å². The third-order valence-electron chi connectivity index (χ3n) is 15.3. The largest absolute Gasteiger partial charge is 0.519 e. The Morgan fingerprint density at radius 1 is 0.941 bits per heavy atom. The minimum Gasteiger partial charge on any atom is -0.481 e. The van der Waals surface area contributed by atoms with E-state index < -0.39 is 75.6 Å². The van der Waals surface area contributed by atoms with Crippen molar-refractivity contribution in [2.24, 2.45) is 50.2 Å². The van der Waals surface area contributed by atoms with E-state index >= 15 is 0 Å². The summed E-state index contributed by atoms with van der Waals surface area (Å²) in [6.45, 7) is 13.7. The third kappa shape index (κ3) is 5.43. The molecule has 0 spiro atoms. The van der Waals surface area contributed by atoms with Crippen molar-refractivity contribution < 1.29 is 47.4 Å². The van der Waals surface area contributed by atoms with Crippen LogP contribution in [-0.4, -0.2) is 47.9 Å².